The smallest absolute Gasteiger partial charge is 0.338 e. The maximum atomic E-state index is 12.6. The molecule has 5 nitrogen and oxygen atoms in total. The van der Waals surface area contributed by atoms with Gasteiger partial charge in [-0.3, -0.25) is 14.8 Å². The van der Waals surface area contributed by atoms with Crippen molar-refractivity contribution in [3.8, 4) is 0 Å². The number of ketones is 1. The lowest BCUT2D eigenvalue weighted by Crippen LogP contribution is -2.24. The van der Waals surface area contributed by atoms with Gasteiger partial charge in [-0.05, 0) is 36.1 Å². The number of fused-ring (bicyclic) bond motifs is 1. The van der Waals surface area contributed by atoms with E-state index in [4.69, 9.17) is 4.74 Å². The zero-order chi connectivity index (χ0) is 19.6. The second-order valence-electron chi connectivity index (χ2n) is 7.50. The van der Waals surface area contributed by atoms with Crippen molar-refractivity contribution in [2.24, 2.45) is 0 Å². The lowest BCUT2D eigenvalue weighted by Gasteiger charge is -2.19. The number of rotatable bonds is 4. The van der Waals surface area contributed by atoms with Crippen molar-refractivity contribution in [2.75, 3.05) is 0 Å². The van der Waals surface area contributed by atoms with E-state index in [0.29, 0.717) is 22.2 Å². The highest BCUT2D eigenvalue weighted by molar-refractivity contribution is 6.01. The number of nitrogens with zero attached hydrogens (tertiary/aromatic N) is 2. The number of hydrogen-bond donors (Lipinski definition) is 0. The molecular weight excluding hydrogens is 340 g/mol. The Morgan fingerprint density at radius 2 is 1.48 bits per heavy atom. The molecule has 0 saturated carbocycles. The van der Waals surface area contributed by atoms with Gasteiger partial charge in [0.05, 0.1) is 16.6 Å². The number of esters is 1. The van der Waals surface area contributed by atoms with E-state index in [1.807, 2.05) is 12.1 Å². The third-order valence-corrected chi connectivity index (χ3v) is 4.39. The zero-order valence-electron chi connectivity index (χ0n) is 15.9. The van der Waals surface area contributed by atoms with Gasteiger partial charge in [0.2, 0.25) is 5.78 Å². The summed E-state index contributed by atoms with van der Waals surface area (Å²) in [6, 6.07) is 12.4. The Labute approximate surface area is 158 Å². The van der Waals surface area contributed by atoms with Gasteiger partial charge >= 0.3 is 5.97 Å². The molecule has 0 radical (unpaired) electrons. The maximum Gasteiger partial charge on any atom is 0.338 e. The summed E-state index contributed by atoms with van der Waals surface area (Å²) in [5.41, 5.74) is 3.30. The molecule has 1 heterocycles. The Hall–Kier alpha value is -3.08. The van der Waals surface area contributed by atoms with Gasteiger partial charge < -0.3 is 4.74 Å². The van der Waals surface area contributed by atoms with Crippen LogP contribution in [0, 0.1) is 0 Å². The molecule has 0 spiro atoms. The van der Waals surface area contributed by atoms with Crippen LogP contribution in [0.3, 0.4) is 0 Å². The minimum absolute atomic E-state index is 0.0125. The average Bonchev–Trinajstić information content (AvgIpc) is 2.66. The molecule has 0 fully saturated rings. The van der Waals surface area contributed by atoms with Gasteiger partial charge in [-0.15, -0.1) is 0 Å². The summed E-state index contributed by atoms with van der Waals surface area (Å²) in [7, 11) is 0. The lowest BCUT2D eigenvalue weighted by molar-refractivity contribution is 0.0319. The number of carbonyl (C=O) groups is 2. The Bertz CT molecular complexity index is 988. The molecule has 0 saturated heterocycles. The molecule has 0 bridgehead atoms. The fourth-order valence-electron chi connectivity index (χ4n) is 2.74. The Kier molecular flexibility index (Phi) is 5.04. The summed E-state index contributed by atoms with van der Waals surface area (Å²) in [6.45, 7) is 7.92. The first-order valence-electron chi connectivity index (χ1n) is 8.82. The molecule has 3 aromatic rings. The summed E-state index contributed by atoms with van der Waals surface area (Å²) < 4.78 is 5.36. The first-order chi connectivity index (χ1) is 12.8. The van der Waals surface area contributed by atoms with Gasteiger partial charge in [-0.2, -0.15) is 0 Å². The second kappa shape index (κ2) is 7.27. The molecular formula is C22H22N2O3. The molecule has 0 aliphatic carbocycles. The third-order valence-electron chi connectivity index (χ3n) is 4.39. The molecule has 5 heteroatoms. The third kappa shape index (κ3) is 4.19. The van der Waals surface area contributed by atoms with Crippen LogP contribution in [0.15, 0.2) is 54.9 Å². The summed E-state index contributed by atoms with van der Waals surface area (Å²) in [6.07, 6.45) is 2.27. The largest absolute Gasteiger partial charge is 0.451 e. The SMILES string of the molecule is C[C@H](OC(=O)c1ccc2nccnc2c1)C(=O)c1ccc(C(C)(C)C)cc1. The van der Waals surface area contributed by atoms with Gasteiger partial charge in [0, 0.05) is 18.0 Å². The van der Waals surface area contributed by atoms with Crippen molar-refractivity contribution >= 4 is 22.8 Å². The maximum absolute atomic E-state index is 12.6. The number of benzene rings is 2. The minimum atomic E-state index is -0.879. The van der Waals surface area contributed by atoms with Crippen molar-refractivity contribution in [2.45, 2.75) is 39.2 Å². The van der Waals surface area contributed by atoms with Crippen molar-refractivity contribution in [3.63, 3.8) is 0 Å². The molecule has 0 aliphatic heterocycles. The molecule has 0 aliphatic rings. The first-order valence-corrected chi connectivity index (χ1v) is 8.82. The number of Topliss-reactive ketones (excluding diaryl/α,β-unsaturated/α-hetero) is 1. The van der Waals surface area contributed by atoms with Crippen LogP contribution in [0.5, 0.6) is 0 Å². The van der Waals surface area contributed by atoms with Crippen LogP contribution in [0.2, 0.25) is 0 Å². The molecule has 3 rings (SSSR count). The molecule has 0 amide bonds. The van der Waals surface area contributed by atoms with Crippen LogP contribution in [-0.2, 0) is 10.2 Å². The van der Waals surface area contributed by atoms with E-state index in [2.05, 4.69) is 30.7 Å². The van der Waals surface area contributed by atoms with Crippen LogP contribution in [0.1, 0.15) is 54.0 Å². The van der Waals surface area contributed by atoms with Gasteiger partial charge in [-0.25, -0.2) is 4.79 Å². The number of carbonyl (C=O) groups excluding carboxylic acids is 2. The fourth-order valence-corrected chi connectivity index (χ4v) is 2.74. The topological polar surface area (TPSA) is 69.2 Å². The van der Waals surface area contributed by atoms with Gasteiger partial charge in [0.1, 0.15) is 0 Å². The van der Waals surface area contributed by atoms with Crippen LogP contribution in [0.25, 0.3) is 11.0 Å². The number of ether oxygens (including phenoxy) is 1. The summed E-state index contributed by atoms with van der Waals surface area (Å²) in [4.78, 5) is 33.3. The zero-order valence-corrected chi connectivity index (χ0v) is 15.9. The second-order valence-corrected chi connectivity index (χ2v) is 7.50. The number of hydrogen-bond acceptors (Lipinski definition) is 5. The lowest BCUT2D eigenvalue weighted by atomic mass is 9.86. The normalized spacial score (nSPS) is 12.6. The molecule has 1 aromatic heterocycles. The molecule has 2 aromatic carbocycles. The number of aromatic nitrogens is 2. The van der Waals surface area contributed by atoms with Gasteiger partial charge in [0.25, 0.3) is 0 Å². The van der Waals surface area contributed by atoms with E-state index in [0.717, 1.165) is 5.56 Å². The van der Waals surface area contributed by atoms with E-state index in [1.54, 1.807) is 49.6 Å². The molecule has 1 atom stereocenters. The monoisotopic (exact) mass is 362 g/mol. The first kappa shape index (κ1) is 18.7. The quantitative estimate of drug-likeness (QED) is 0.510. The average molecular weight is 362 g/mol. The Balaban J connectivity index is 1.72. The Morgan fingerprint density at radius 1 is 0.889 bits per heavy atom. The van der Waals surface area contributed by atoms with Crippen LogP contribution in [-0.4, -0.2) is 27.8 Å². The fraction of sp³-hybridized carbons (Fsp3) is 0.273. The highest BCUT2D eigenvalue weighted by Gasteiger charge is 2.21. The van der Waals surface area contributed by atoms with Gasteiger partial charge in [-0.1, -0.05) is 45.0 Å². The Morgan fingerprint density at radius 3 is 2.11 bits per heavy atom. The summed E-state index contributed by atoms with van der Waals surface area (Å²) in [5, 5.41) is 0. The van der Waals surface area contributed by atoms with E-state index in [-0.39, 0.29) is 11.2 Å². The van der Waals surface area contributed by atoms with E-state index in [9.17, 15) is 9.59 Å². The predicted octanol–water partition coefficient (Wildman–Crippen LogP) is 4.36. The summed E-state index contributed by atoms with van der Waals surface area (Å²) >= 11 is 0. The van der Waals surface area contributed by atoms with Crippen molar-refractivity contribution < 1.29 is 14.3 Å². The van der Waals surface area contributed by atoms with Crippen molar-refractivity contribution in [1.82, 2.24) is 9.97 Å². The van der Waals surface area contributed by atoms with E-state index in [1.165, 1.54) is 0 Å². The van der Waals surface area contributed by atoms with Crippen molar-refractivity contribution in [3.05, 3.63) is 71.5 Å². The predicted molar refractivity (Wildman–Crippen MR) is 104 cm³/mol. The van der Waals surface area contributed by atoms with E-state index < -0.39 is 12.1 Å². The molecule has 0 N–H and O–H groups in total. The van der Waals surface area contributed by atoms with Crippen LogP contribution in [0.4, 0.5) is 0 Å². The molecule has 0 unspecified atom stereocenters. The van der Waals surface area contributed by atoms with Crippen molar-refractivity contribution in [1.29, 1.82) is 0 Å². The summed E-state index contributed by atoms with van der Waals surface area (Å²) in [5.74, 6) is -0.792. The highest BCUT2D eigenvalue weighted by atomic mass is 16.5. The van der Waals surface area contributed by atoms with E-state index >= 15 is 0 Å². The van der Waals surface area contributed by atoms with Gasteiger partial charge in [0.15, 0.2) is 6.10 Å². The standard InChI is InChI=1S/C22H22N2O3/c1-14(20(25)15-5-8-17(9-6-15)22(2,3)4)27-21(26)16-7-10-18-19(13-16)24-12-11-23-18/h5-14H,1-4H3/t14-/m0/s1. The highest BCUT2D eigenvalue weighted by Crippen LogP contribution is 2.23. The van der Waals surface area contributed by atoms with Crippen LogP contribution >= 0.6 is 0 Å². The minimum Gasteiger partial charge on any atom is -0.451 e. The molecule has 138 valence electrons. The van der Waals surface area contributed by atoms with Crippen LogP contribution < -0.4 is 0 Å². The molecule has 27 heavy (non-hydrogen) atoms.